The van der Waals surface area contributed by atoms with Crippen molar-refractivity contribution in [3.8, 4) is 0 Å². The number of hydrogen-bond acceptors (Lipinski definition) is 4. The highest BCUT2D eigenvalue weighted by Crippen LogP contribution is 2.19. The molecular weight excluding hydrogens is 200 g/mol. The van der Waals surface area contributed by atoms with Gasteiger partial charge in [-0.25, -0.2) is 0 Å². The Hall–Kier alpha value is 0.0569. The van der Waals surface area contributed by atoms with Crippen LogP contribution >= 0.6 is 0 Å². The molecule has 1 aliphatic heterocycles. The molecule has 0 aromatic heterocycles. The smallest absolute Gasteiger partial charge is 0.364 e. The summed E-state index contributed by atoms with van der Waals surface area (Å²) in [7, 11) is 1.24. The second-order valence-electron chi connectivity index (χ2n) is 3.61. The van der Waals surface area contributed by atoms with Gasteiger partial charge in [-0.15, -0.1) is 0 Å². The van der Waals surface area contributed by atoms with E-state index in [4.69, 9.17) is 18.3 Å². The van der Waals surface area contributed by atoms with E-state index < -0.39 is 8.56 Å². The molecule has 2 atom stereocenters. The number of ether oxygens (including phenoxy) is 2. The number of rotatable bonds is 7. The fourth-order valence-corrected chi connectivity index (χ4v) is 3.21. The van der Waals surface area contributed by atoms with Crippen LogP contribution in [-0.4, -0.2) is 47.8 Å². The van der Waals surface area contributed by atoms with Crippen molar-refractivity contribution in [2.45, 2.75) is 31.7 Å². The van der Waals surface area contributed by atoms with Crippen LogP contribution in [0.4, 0.5) is 0 Å². The molecule has 1 fully saturated rings. The number of hydrogen-bond donors (Lipinski definition) is 0. The molecule has 0 radical (unpaired) electrons. The van der Waals surface area contributed by atoms with Crippen molar-refractivity contribution >= 4 is 8.56 Å². The first-order valence-electron chi connectivity index (χ1n) is 4.99. The predicted molar refractivity (Wildman–Crippen MR) is 55.4 cm³/mol. The third-order valence-electron chi connectivity index (χ3n) is 2.65. The van der Waals surface area contributed by atoms with Crippen LogP contribution in [0.1, 0.15) is 13.3 Å². The zero-order valence-electron chi connectivity index (χ0n) is 9.41. The summed E-state index contributed by atoms with van der Waals surface area (Å²) in [5.41, 5.74) is 0.0849. The van der Waals surface area contributed by atoms with E-state index in [0.29, 0.717) is 12.7 Å². The van der Waals surface area contributed by atoms with Gasteiger partial charge >= 0.3 is 8.56 Å². The average molecular weight is 220 g/mol. The quantitative estimate of drug-likeness (QED) is 0.475. The van der Waals surface area contributed by atoms with E-state index in [9.17, 15) is 0 Å². The normalized spacial score (nSPS) is 23.6. The summed E-state index contributed by atoms with van der Waals surface area (Å²) in [5, 5.41) is 0. The fraction of sp³-hybridized carbons (Fsp3) is 1.00. The molecule has 0 aromatic carbocycles. The SMILES string of the molecule is CCC(OCC1CO1)[Si](C)(OC)OC. The summed E-state index contributed by atoms with van der Waals surface area (Å²) in [6, 6.07) is 0. The average Bonchev–Trinajstić information content (AvgIpc) is 3.02. The van der Waals surface area contributed by atoms with Gasteiger partial charge in [0.2, 0.25) is 0 Å². The first kappa shape index (κ1) is 12.1. The van der Waals surface area contributed by atoms with Gasteiger partial charge in [-0.05, 0) is 13.0 Å². The van der Waals surface area contributed by atoms with Crippen LogP contribution in [0.2, 0.25) is 6.55 Å². The van der Waals surface area contributed by atoms with Crippen molar-refractivity contribution in [1.29, 1.82) is 0 Å². The Morgan fingerprint density at radius 3 is 2.36 bits per heavy atom. The highest BCUT2D eigenvalue weighted by molar-refractivity contribution is 6.67. The van der Waals surface area contributed by atoms with Gasteiger partial charge in [0.1, 0.15) is 11.8 Å². The lowest BCUT2D eigenvalue weighted by Gasteiger charge is -2.30. The zero-order valence-corrected chi connectivity index (χ0v) is 10.4. The van der Waals surface area contributed by atoms with Crippen molar-refractivity contribution in [2.75, 3.05) is 27.4 Å². The van der Waals surface area contributed by atoms with E-state index in [2.05, 4.69) is 6.92 Å². The maximum Gasteiger partial charge on any atom is 0.364 e. The second kappa shape index (κ2) is 5.23. The Bertz CT molecular complexity index is 168. The molecule has 0 bridgehead atoms. The van der Waals surface area contributed by atoms with Gasteiger partial charge in [-0.3, -0.25) is 0 Å². The lowest BCUT2D eigenvalue weighted by molar-refractivity contribution is 0.0485. The van der Waals surface area contributed by atoms with E-state index in [0.717, 1.165) is 13.0 Å². The fourth-order valence-electron chi connectivity index (χ4n) is 1.37. The van der Waals surface area contributed by atoms with Crippen LogP contribution in [0.5, 0.6) is 0 Å². The zero-order chi connectivity index (χ0) is 10.6. The van der Waals surface area contributed by atoms with Crippen LogP contribution in [0.15, 0.2) is 0 Å². The van der Waals surface area contributed by atoms with Gasteiger partial charge < -0.3 is 18.3 Å². The Kier molecular flexibility index (Phi) is 4.53. The molecule has 0 saturated carbocycles. The molecule has 1 heterocycles. The molecule has 0 N–H and O–H groups in total. The van der Waals surface area contributed by atoms with Crippen molar-refractivity contribution in [2.24, 2.45) is 0 Å². The molecule has 2 unspecified atom stereocenters. The molecule has 0 amide bonds. The minimum atomic E-state index is -2.14. The van der Waals surface area contributed by atoms with Crippen molar-refractivity contribution in [3.05, 3.63) is 0 Å². The van der Waals surface area contributed by atoms with Crippen molar-refractivity contribution in [1.82, 2.24) is 0 Å². The summed E-state index contributed by atoms with van der Waals surface area (Å²) in [6.45, 7) is 5.60. The largest absolute Gasteiger partial charge is 0.396 e. The van der Waals surface area contributed by atoms with E-state index in [1.807, 2.05) is 6.55 Å². The van der Waals surface area contributed by atoms with Gasteiger partial charge in [0.05, 0.1) is 13.2 Å². The van der Waals surface area contributed by atoms with Crippen LogP contribution in [-0.2, 0) is 18.3 Å². The van der Waals surface area contributed by atoms with Crippen LogP contribution < -0.4 is 0 Å². The molecule has 84 valence electrons. The number of epoxide rings is 1. The Morgan fingerprint density at radius 2 is 2.00 bits per heavy atom. The molecular formula is C9H20O4Si. The van der Waals surface area contributed by atoms with E-state index >= 15 is 0 Å². The molecule has 0 spiro atoms. The lowest BCUT2D eigenvalue weighted by Crippen LogP contribution is -2.50. The van der Waals surface area contributed by atoms with Crippen LogP contribution in [0.25, 0.3) is 0 Å². The molecule has 4 nitrogen and oxygen atoms in total. The third-order valence-corrected chi connectivity index (χ3v) is 6.02. The molecule has 1 aliphatic rings. The van der Waals surface area contributed by atoms with E-state index in [-0.39, 0.29) is 5.73 Å². The molecule has 1 rings (SSSR count). The summed E-state index contributed by atoms with van der Waals surface area (Å²) in [5.74, 6) is 0. The molecule has 1 saturated heterocycles. The van der Waals surface area contributed by atoms with Crippen LogP contribution in [0, 0.1) is 0 Å². The Morgan fingerprint density at radius 1 is 1.43 bits per heavy atom. The minimum Gasteiger partial charge on any atom is -0.396 e. The van der Waals surface area contributed by atoms with Gasteiger partial charge in [0.15, 0.2) is 0 Å². The highest BCUT2D eigenvalue weighted by atomic mass is 28.4. The maximum absolute atomic E-state index is 5.75. The van der Waals surface area contributed by atoms with Crippen molar-refractivity contribution in [3.63, 3.8) is 0 Å². The first-order chi connectivity index (χ1) is 6.66. The summed E-state index contributed by atoms with van der Waals surface area (Å²) in [4.78, 5) is 0. The van der Waals surface area contributed by atoms with Gasteiger partial charge in [-0.2, -0.15) is 0 Å². The van der Waals surface area contributed by atoms with Gasteiger partial charge in [0, 0.05) is 14.2 Å². The topological polar surface area (TPSA) is 40.2 Å². The third kappa shape index (κ3) is 3.03. The molecule has 5 heteroatoms. The molecule has 0 aliphatic carbocycles. The monoisotopic (exact) mass is 220 g/mol. The van der Waals surface area contributed by atoms with Gasteiger partial charge in [-0.1, -0.05) is 6.92 Å². The molecule has 14 heavy (non-hydrogen) atoms. The highest BCUT2D eigenvalue weighted by Gasteiger charge is 2.40. The Labute approximate surface area is 86.7 Å². The second-order valence-corrected chi connectivity index (χ2v) is 7.10. The summed E-state index contributed by atoms with van der Waals surface area (Å²) in [6.07, 6.45) is 1.22. The standard InChI is InChI=1S/C9H20O4Si/c1-5-9(13-7-8-6-12-8)14(4,10-2)11-3/h8-9H,5-7H2,1-4H3. The Balaban J connectivity index is 2.39. The summed E-state index contributed by atoms with van der Waals surface area (Å²) >= 11 is 0. The minimum absolute atomic E-state index is 0.0849. The lowest BCUT2D eigenvalue weighted by atomic mass is 10.5. The first-order valence-corrected chi connectivity index (χ1v) is 7.39. The van der Waals surface area contributed by atoms with E-state index in [1.54, 1.807) is 14.2 Å². The van der Waals surface area contributed by atoms with Crippen LogP contribution in [0.3, 0.4) is 0 Å². The predicted octanol–water partition coefficient (Wildman–Crippen LogP) is 1.08. The van der Waals surface area contributed by atoms with E-state index in [1.165, 1.54) is 0 Å². The van der Waals surface area contributed by atoms with Gasteiger partial charge in [0.25, 0.3) is 0 Å². The maximum atomic E-state index is 5.75. The molecule has 0 aromatic rings. The summed E-state index contributed by atoms with van der Waals surface area (Å²) < 4.78 is 21.7. The van der Waals surface area contributed by atoms with Crippen molar-refractivity contribution < 1.29 is 18.3 Å².